The van der Waals surface area contributed by atoms with Gasteiger partial charge in [0.15, 0.2) is 17.5 Å². The topological polar surface area (TPSA) is 67.0 Å². The van der Waals surface area contributed by atoms with Gasteiger partial charge in [0.25, 0.3) is 0 Å². The van der Waals surface area contributed by atoms with Crippen molar-refractivity contribution in [1.82, 2.24) is 9.78 Å². The molecule has 0 fully saturated rings. The average Bonchev–Trinajstić information content (AvgIpc) is 3.32. The zero-order valence-corrected chi connectivity index (χ0v) is 23.7. The number of nitrogens with one attached hydrogen (secondary N) is 1. The van der Waals surface area contributed by atoms with Crippen LogP contribution in [0.5, 0.6) is 5.75 Å². The molecule has 0 saturated carbocycles. The normalized spacial score (nSPS) is 15.3. The molecule has 0 saturated heterocycles. The Hall–Kier alpha value is -4.59. The fraction of sp³-hybridized carbons (Fsp3) is 0.0938. The van der Waals surface area contributed by atoms with E-state index in [-0.39, 0.29) is 6.04 Å². The van der Waals surface area contributed by atoms with Gasteiger partial charge in [0.2, 0.25) is 0 Å². The van der Waals surface area contributed by atoms with E-state index in [9.17, 15) is 0 Å². The van der Waals surface area contributed by atoms with Crippen molar-refractivity contribution in [2.24, 2.45) is 9.98 Å². The van der Waals surface area contributed by atoms with Gasteiger partial charge in [-0.05, 0) is 55.5 Å². The molecule has 2 aliphatic heterocycles. The van der Waals surface area contributed by atoms with E-state index in [1.165, 1.54) is 0 Å². The van der Waals surface area contributed by atoms with Gasteiger partial charge in [-0.1, -0.05) is 71.7 Å². The van der Waals surface area contributed by atoms with E-state index in [0.29, 0.717) is 27.4 Å². The van der Waals surface area contributed by atoms with Gasteiger partial charge >= 0.3 is 0 Å². The molecule has 202 valence electrons. The van der Waals surface area contributed by atoms with Gasteiger partial charge in [-0.25, -0.2) is 14.7 Å². The molecule has 3 heterocycles. The van der Waals surface area contributed by atoms with Crippen LogP contribution in [0.1, 0.15) is 22.9 Å². The minimum atomic E-state index is -0.303. The van der Waals surface area contributed by atoms with Crippen molar-refractivity contribution in [2.75, 3.05) is 17.3 Å². The minimum Gasteiger partial charge on any atom is -0.496 e. The van der Waals surface area contributed by atoms with Gasteiger partial charge in [-0.15, -0.1) is 0 Å². The van der Waals surface area contributed by atoms with Gasteiger partial charge in [0.1, 0.15) is 5.75 Å². The number of ether oxygens (including phenoxy) is 1. The summed E-state index contributed by atoms with van der Waals surface area (Å²) >= 11 is 12.7. The van der Waals surface area contributed by atoms with Crippen LogP contribution in [0.15, 0.2) is 107 Å². The van der Waals surface area contributed by atoms with Crippen LogP contribution < -0.4 is 15.0 Å². The summed E-state index contributed by atoms with van der Waals surface area (Å²) in [6, 6.07) is 31.1. The Kier molecular flexibility index (Phi) is 6.26. The third-order valence-corrected chi connectivity index (χ3v) is 7.63. The lowest BCUT2D eigenvalue weighted by Crippen LogP contribution is -2.46. The number of aromatic nitrogens is 2. The van der Waals surface area contributed by atoms with Crippen LogP contribution in [0.3, 0.4) is 0 Å². The SMILES string of the molecule is COc1ccccc1[C@@H]1c2c(C)nn(-c3ccccc3)c2N=C2C(Nc3cc(Cl)cc(Cl)c3)=Nc3ccccc3N21. The molecular weight excluding hydrogens is 555 g/mol. The molecule has 1 aromatic heterocycles. The first-order valence-electron chi connectivity index (χ1n) is 13.1. The number of benzene rings is 4. The number of para-hydroxylation sites is 4. The van der Waals surface area contributed by atoms with Crippen LogP contribution in [-0.2, 0) is 0 Å². The number of halogens is 2. The summed E-state index contributed by atoms with van der Waals surface area (Å²) in [7, 11) is 1.69. The number of amidine groups is 2. The number of nitrogens with zero attached hydrogens (tertiary/aromatic N) is 5. The number of rotatable bonds is 4. The molecule has 41 heavy (non-hydrogen) atoms. The monoisotopic (exact) mass is 578 g/mol. The first-order chi connectivity index (χ1) is 20.0. The highest BCUT2D eigenvalue weighted by molar-refractivity contribution is 6.52. The summed E-state index contributed by atoms with van der Waals surface area (Å²) in [6.45, 7) is 2.03. The van der Waals surface area contributed by atoms with Gasteiger partial charge in [0, 0.05) is 26.9 Å². The van der Waals surface area contributed by atoms with Crippen molar-refractivity contribution in [2.45, 2.75) is 13.0 Å². The van der Waals surface area contributed by atoms with E-state index < -0.39 is 0 Å². The molecule has 4 aromatic carbocycles. The van der Waals surface area contributed by atoms with Crippen LogP contribution >= 0.6 is 23.2 Å². The number of hydrogen-bond donors (Lipinski definition) is 1. The lowest BCUT2D eigenvalue weighted by atomic mass is 9.92. The van der Waals surface area contributed by atoms with Gasteiger partial charge in [-0.3, -0.25) is 0 Å². The largest absolute Gasteiger partial charge is 0.496 e. The Bertz CT molecular complexity index is 1840. The lowest BCUT2D eigenvalue weighted by Gasteiger charge is -2.41. The first kappa shape index (κ1) is 25.4. The molecule has 7 rings (SSSR count). The molecule has 0 aliphatic carbocycles. The van der Waals surface area contributed by atoms with Gasteiger partial charge < -0.3 is 15.0 Å². The smallest absolute Gasteiger partial charge is 0.179 e. The third-order valence-electron chi connectivity index (χ3n) is 7.20. The van der Waals surface area contributed by atoms with Crippen LogP contribution in [0.25, 0.3) is 5.69 Å². The number of methoxy groups -OCH3 is 1. The quantitative estimate of drug-likeness (QED) is 0.233. The van der Waals surface area contributed by atoms with Crippen molar-refractivity contribution in [3.05, 3.63) is 124 Å². The Labute approximate surface area is 247 Å². The maximum Gasteiger partial charge on any atom is 0.179 e. The molecule has 5 aromatic rings. The van der Waals surface area contributed by atoms with Crippen LogP contribution in [0.2, 0.25) is 10.0 Å². The van der Waals surface area contributed by atoms with Crippen molar-refractivity contribution in [3.8, 4) is 11.4 Å². The van der Waals surface area contributed by atoms with Crippen molar-refractivity contribution in [1.29, 1.82) is 0 Å². The highest BCUT2D eigenvalue weighted by atomic mass is 35.5. The second-order valence-corrected chi connectivity index (χ2v) is 10.6. The number of aryl methyl sites for hydroxylation is 1. The first-order valence-corrected chi connectivity index (χ1v) is 13.8. The van der Waals surface area contributed by atoms with E-state index in [0.717, 1.165) is 45.5 Å². The number of anilines is 2. The summed E-state index contributed by atoms with van der Waals surface area (Å²) in [5.74, 6) is 2.70. The minimum absolute atomic E-state index is 0.303. The average molecular weight is 579 g/mol. The molecule has 1 atom stereocenters. The molecule has 9 heteroatoms. The van der Waals surface area contributed by atoms with E-state index >= 15 is 0 Å². The highest BCUT2D eigenvalue weighted by Crippen LogP contribution is 2.49. The van der Waals surface area contributed by atoms with E-state index in [4.69, 9.17) is 43.0 Å². The second-order valence-electron chi connectivity index (χ2n) is 9.75. The summed E-state index contributed by atoms with van der Waals surface area (Å²) in [6.07, 6.45) is 0. The number of aliphatic imine (C=N–C) groups is 2. The maximum absolute atomic E-state index is 6.35. The second kappa shape index (κ2) is 10.1. The molecule has 2 aliphatic rings. The molecule has 7 nitrogen and oxygen atoms in total. The zero-order chi connectivity index (χ0) is 28.1. The van der Waals surface area contributed by atoms with Crippen LogP contribution in [-0.4, -0.2) is 28.6 Å². The highest BCUT2D eigenvalue weighted by Gasteiger charge is 2.42. The number of fused-ring (bicyclic) bond motifs is 4. The molecule has 0 radical (unpaired) electrons. The lowest BCUT2D eigenvalue weighted by molar-refractivity contribution is 0.407. The Morgan fingerprint density at radius 3 is 2.32 bits per heavy atom. The van der Waals surface area contributed by atoms with Gasteiger partial charge in [0.05, 0.1) is 35.9 Å². The number of hydrogen-bond acceptors (Lipinski definition) is 6. The fourth-order valence-corrected chi connectivity index (χ4v) is 6.02. The van der Waals surface area contributed by atoms with E-state index in [2.05, 4.69) is 22.3 Å². The molecule has 0 unspecified atom stereocenters. The van der Waals surface area contributed by atoms with Crippen LogP contribution in [0, 0.1) is 6.92 Å². The van der Waals surface area contributed by atoms with E-state index in [1.807, 2.05) is 90.5 Å². The van der Waals surface area contributed by atoms with Crippen molar-refractivity contribution >= 4 is 57.8 Å². The Morgan fingerprint density at radius 1 is 0.829 bits per heavy atom. The van der Waals surface area contributed by atoms with Crippen molar-refractivity contribution in [3.63, 3.8) is 0 Å². The maximum atomic E-state index is 6.35. The summed E-state index contributed by atoms with van der Waals surface area (Å²) in [5.41, 5.74) is 6.20. The Morgan fingerprint density at radius 2 is 1.54 bits per heavy atom. The zero-order valence-electron chi connectivity index (χ0n) is 22.2. The summed E-state index contributed by atoms with van der Waals surface area (Å²) in [4.78, 5) is 12.5. The third kappa shape index (κ3) is 4.34. The Balaban J connectivity index is 1.52. The predicted molar refractivity (Wildman–Crippen MR) is 166 cm³/mol. The van der Waals surface area contributed by atoms with Gasteiger partial charge in [-0.2, -0.15) is 5.10 Å². The molecular formula is C32H24Cl2N6O. The van der Waals surface area contributed by atoms with Crippen LogP contribution in [0.4, 0.5) is 22.9 Å². The fourth-order valence-electron chi connectivity index (χ4n) is 5.50. The summed E-state index contributed by atoms with van der Waals surface area (Å²) in [5, 5.41) is 9.47. The summed E-state index contributed by atoms with van der Waals surface area (Å²) < 4.78 is 7.79. The molecule has 0 amide bonds. The molecule has 1 N–H and O–H groups in total. The standard InChI is InChI=1S/C32H24Cl2N6O/c1-19-28-29(24-12-6-9-15-27(24)41-2)39-26-14-8-7-13-25(26)36-30(35-22-17-20(33)16-21(34)18-22)32(39)37-31(28)40(38-19)23-10-4-3-5-11-23/h3-18,29H,1-2H3,(H,35,36)/t29-/m1/s1. The molecule has 0 spiro atoms. The van der Waals surface area contributed by atoms with Crippen molar-refractivity contribution < 1.29 is 4.74 Å². The van der Waals surface area contributed by atoms with E-state index in [1.54, 1.807) is 13.2 Å². The predicted octanol–water partition coefficient (Wildman–Crippen LogP) is 8.29. The molecule has 0 bridgehead atoms.